The maximum atomic E-state index is 13.5. The monoisotopic (exact) mass is 436 g/mol. The third kappa shape index (κ3) is 4.70. The zero-order valence-electron chi connectivity index (χ0n) is 19.3. The Morgan fingerprint density at radius 3 is 2.09 bits per heavy atom. The van der Waals surface area contributed by atoms with Gasteiger partial charge in [-0.2, -0.15) is 0 Å². The first kappa shape index (κ1) is 23.5. The summed E-state index contributed by atoms with van der Waals surface area (Å²) in [5.41, 5.74) is 1.90. The molecule has 6 heteroatoms. The van der Waals surface area contributed by atoms with Gasteiger partial charge in [0, 0.05) is 36.0 Å². The van der Waals surface area contributed by atoms with Crippen LogP contribution in [0.25, 0.3) is 10.9 Å². The SMILES string of the molecule is CCOC(=O)C(Cc1c(CCN(C)C)[nH]c2ccccc12)(C(=O)OCC)c1ccccc1. The Bertz CT molecular complexity index is 1040. The molecule has 0 saturated heterocycles. The van der Waals surface area contributed by atoms with Gasteiger partial charge < -0.3 is 19.4 Å². The summed E-state index contributed by atoms with van der Waals surface area (Å²) in [4.78, 5) is 32.6. The Balaban J connectivity index is 2.22. The van der Waals surface area contributed by atoms with E-state index < -0.39 is 17.4 Å². The Morgan fingerprint density at radius 2 is 1.50 bits per heavy atom. The summed E-state index contributed by atoms with van der Waals surface area (Å²) in [5, 5.41) is 0.996. The van der Waals surface area contributed by atoms with E-state index in [-0.39, 0.29) is 19.6 Å². The van der Waals surface area contributed by atoms with E-state index in [1.54, 1.807) is 26.0 Å². The number of fused-ring (bicyclic) bond motifs is 1. The Kier molecular flexibility index (Phi) is 7.70. The summed E-state index contributed by atoms with van der Waals surface area (Å²) in [5.74, 6) is -1.18. The number of nitrogens with zero attached hydrogens (tertiary/aromatic N) is 1. The molecule has 3 rings (SSSR count). The highest BCUT2D eigenvalue weighted by Gasteiger charge is 2.51. The number of nitrogens with one attached hydrogen (secondary N) is 1. The Morgan fingerprint density at radius 1 is 0.906 bits per heavy atom. The predicted octanol–water partition coefficient (Wildman–Crippen LogP) is 3.88. The largest absolute Gasteiger partial charge is 0.465 e. The van der Waals surface area contributed by atoms with E-state index in [0.717, 1.165) is 35.1 Å². The third-order valence-electron chi connectivity index (χ3n) is 5.67. The molecular formula is C26H32N2O4. The fourth-order valence-corrected chi connectivity index (χ4v) is 4.07. The first-order chi connectivity index (χ1) is 15.4. The van der Waals surface area contributed by atoms with E-state index in [1.165, 1.54) is 0 Å². The van der Waals surface area contributed by atoms with Gasteiger partial charge in [0.15, 0.2) is 5.41 Å². The maximum Gasteiger partial charge on any atom is 0.328 e. The van der Waals surface area contributed by atoms with Crippen LogP contribution in [0.5, 0.6) is 0 Å². The van der Waals surface area contributed by atoms with Gasteiger partial charge in [-0.15, -0.1) is 0 Å². The molecule has 0 aliphatic rings. The molecule has 0 fully saturated rings. The lowest BCUT2D eigenvalue weighted by Crippen LogP contribution is -2.48. The molecule has 0 spiro atoms. The smallest absolute Gasteiger partial charge is 0.328 e. The number of H-pyrrole nitrogens is 1. The van der Waals surface area contributed by atoms with Crippen LogP contribution >= 0.6 is 0 Å². The zero-order chi connectivity index (χ0) is 23.1. The van der Waals surface area contributed by atoms with Gasteiger partial charge in [0.05, 0.1) is 13.2 Å². The van der Waals surface area contributed by atoms with Gasteiger partial charge >= 0.3 is 11.9 Å². The van der Waals surface area contributed by atoms with E-state index in [1.807, 2.05) is 56.6 Å². The molecule has 0 amide bonds. The summed E-state index contributed by atoms with van der Waals surface area (Å²) in [6, 6.07) is 17.1. The number of aromatic nitrogens is 1. The van der Waals surface area contributed by atoms with Crippen molar-refractivity contribution < 1.29 is 19.1 Å². The van der Waals surface area contributed by atoms with Crippen molar-refractivity contribution in [2.75, 3.05) is 33.9 Å². The number of likely N-dealkylation sites (N-methyl/N-ethyl adjacent to an activating group) is 1. The third-order valence-corrected chi connectivity index (χ3v) is 5.67. The number of esters is 2. The van der Waals surface area contributed by atoms with Crippen molar-refractivity contribution in [3.05, 3.63) is 71.4 Å². The minimum atomic E-state index is -1.59. The highest BCUT2D eigenvalue weighted by Crippen LogP contribution is 2.36. The quantitative estimate of drug-likeness (QED) is 0.386. The van der Waals surface area contributed by atoms with E-state index in [4.69, 9.17) is 9.47 Å². The minimum absolute atomic E-state index is 0.154. The molecule has 0 unspecified atom stereocenters. The number of rotatable bonds is 10. The summed E-state index contributed by atoms with van der Waals surface area (Å²) >= 11 is 0. The topological polar surface area (TPSA) is 71.6 Å². The van der Waals surface area contributed by atoms with Gasteiger partial charge in [-0.3, -0.25) is 9.59 Å². The Hall–Kier alpha value is -3.12. The molecule has 3 aromatic rings. The fourth-order valence-electron chi connectivity index (χ4n) is 4.07. The lowest BCUT2D eigenvalue weighted by atomic mass is 9.74. The average Bonchev–Trinajstić information content (AvgIpc) is 3.14. The predicted molar refractivity (Wildman–Crippen MR) is 126 cm³/mol. The van der Waals surface area contributed by atoms with Crippen LogP contribution in [0, 0.1) is 0 Å². The lowest BCUT2D eigenvalue weighted by Gasteiger charge is -2.30. The van der Waals surface area contributed by atoms with Gasteiger partial charge in [0.1, 0.15) is 0 Å². The van der Waals surface area contributed by atoms with Crippen molar-refractivity contribution in [3.63, 3.8) is 0 Å². The normalized spacial score (nSPS) is 11.7. The van der Waals surface area contributed by atoms with Crippen LogP contribution in [0.4, 0.5) is 0 Å². The van der Waals surface area contributed by atoms with Crippen LogP contribution in [-0.4, -0.2) is 55.7 Å². The molecule has 0 aliphatic carbocycles. The van der Waals surface area contributed by atoms with Crippen LogP contribution < -0.4 is 0 Å². The molecule has 0 saturated carbocycles. The first-order valence-corrected chi connectivity index (χ1v) is 11.1. The van der Waals surface area contributed by atoms with Crippen LogP contribution in [0.3, 0.4) is 0 Å². The summed E-state index contributed by atoms with van der Waals surface area (Å²) in [7, 11) is 4.04. The highest BCUT2D eigenvalue weighted by atomic mass is 16.6. The van der Waals surface area contributed by atoms with Gasteiger partial charge in [0.25, 0.3) is 0 Å². The second-order valence-electron chi connectivity index (χ2n) is 8.07. The summed E-state index contributed by atoms with van der Waals surface area (Å²) < 4.78 is 10.9. The number of carbonyl (C=O) groups excluding carboxylic acids is 2. The number of carbonyl (C=O) groups is 2. The highest BCUT2D eigenvalue weighted by molar-refractivity contribution is 6.07. The van der Waals surface area contributed by atoms with E-state index >= 15 is 0 Å². The van der Waals surface area contributed by atoms with Crippen LogP contribution in [0.1, 0.15) is 30.7 Å². The van der Waals surface area contributed by atoms with Crippen molar-refractivity contribution in [1.29, 1.82) is 0 Å². The minimum Gasteiger partial charge on any atom is -0.465 e. The second kappa shape index (κ2) is 10.5. The van der Waals surface area contributed by atoms with Crippen molar-refractivity contribution in [1.82, 2.24) is 9.88 Å². The molecule has 0 radical (unpaired) electrons. The number of hydrogen-bond donors (Lipinski definition) is 1. The van der Waals surface area contributed by atoms with Gasteiger partial charge in [-0.05, 0) is 45.1 Å². The lowest BCUT2D eigenvalue weighted by molar-refractivity contribution is -0.164. The maximum absolute atomic E-state index is 13.5. The molecule has 1 heterocycles. The number of aromatic amines is 1. The first-order valence-electron chi connectivity index (χ1n) is 11.1. The molecule has 32 heavy (non-hydrogen) atoms. The van der Waals surface area contributed by atoms with Crippen LogP contribution in [0.2, 0.25) is 0 Å². The van der Waals surface area contributed by atoms with Crippen LogP contribution in [-0.2, 0) is 37.3 Å². The van der Waals surface area contributed by atoms with E-state index in [9.17, 15) is 9.59 Å². The van der Waals surface area contributed by atoms with Gasteiger partial charge in [0.2, 0.25) is 0 Å². The average molecular weight is 437 g/mol. The fraction of sp³-hybridized carbons (Fsp3) is 0.385. The molecule has 1 aromatic heterocycles. The van der Waals surface area contributed by atoms with Crippen molar-refractivity contribution in [2.45, 2.75) is 32.1 Å². The Labute approximate surface area is 189 Å². The van der Waals surface area contributed by atoms with Gasteiger partial charge in [-0.1, -0.05) is 48.5 Å². The van der Waals surface area contributed by atoms with Crippen molar-refractivity contribution >= 4 is 22.8 Å². The number of hydrogen-bond acceptors (Lipinski definition) is 5. The van der Waals surface area contributed by atoms with Crippen LogP contribution in [0.15, 0.2) is 54.6 Å². The van der Waals surface area contributed by atoms with Crippen molar-refractivity contribution in [3.8, 4) is 0 Å². The molecule has 6 nitrogen and oxygen atoms in total. The van der Waals surface area contributed by atoms with E-state index in [2.05, 4.69) is 9.88 Å². The molecule has 170 valence electrons. The molecule has 1 N–H and O–H groups in total. The molecule has 0 atom stereocenters. The summed E-state index contributed by atoms with van der Waals surface area (Å²) in [6.07, 6.45) is 0.912. The second-order valence-corrected chi connectivity index (χ2v) is 8.07. The van der Waals surface area contributed by atoms with E-state index in [0.29, 0.717) is 5.56 Å². The number of benzene rings is 2. The van der Waals surface area contributed by atoms with Crippen molar-refractivity contribution in [2.24, 2.45) is 0 Å². The molecule has 2 aromatic carbocycles. The zero-order valence-corrected chi connectivity index (χ0v) is 19.3. The summed E-state index contributed by atoms with van der Waals surface area (Å²) in [6.45, 7) is 4.67. The molecular weight excluding hydrogens is 404 g/mol. The molecule has 0 bridgehead atoms. The number of ether oxygens (including phenoxy) is 2. The standard InChI is InChI=1S/C26H32N2O4/c1-5-31-24(29)26(25(30)32-6-2,19-12-8-7-9-13-19)18-21-20-14-10-11-15-22(20)27-23(21)16-17-28(3)4/h7-15,27H,5-6,16-18H2,1-4H3. The molecule has 0 aliphatic heterocycles. The van der Waals surface area contributed by atoms with Gasteiger partial charge in [-0.25, -0.2) is 0 Å². The number of para-hydroxylation sites is 1.